The van der Waals surface area contributed by atoms with E-state index in [1.807, 2.05) is 6.92 Å². The van der Waals surface area contributed by atoms with E-state index in [0.29, 0.717) is 18.7 Å². The van der Waals surface area contributed by atoms with Gasteiger partial charge >= 0.3 is 8.03 Å². The summed E-state index contributed by atoms with van der Waals surface area (Å²) in [5.74, 6) is 0.699. The number of hydrogen-bond donors (Lipinski definition) is 1. The van der Waals surface area contributed by atoms with Gasteiger partial charge < -0.3 is 5.11 Å². The predicted molar refractivity (Wildman–Crippen MR) is 61.3 cm³/mol. The molecule has 1 saturated carbocycles. The molecule has 1 rings (SSSR count). The molecule has 0 bridgehead atoms. The molecular formula is C11H22O3P+. The third-order valence-corrected chi connectivity index (χ3v) is 4.22. The molecule has 3 nitrogen and oxygen atoms in total. The van der Waals surface area contributed by atoms with Crippen molar-refractivity contribution in [1.29, 1.82) is 0 Å². The SMILES string of the molecule is CCO[P+](=O)CCCC[C@H]1CC[C@@H](O)C1. The highest BCUT2D eigenvalue weighted by atomic mass is 31.1. The lowest BCUT2D eigenvalue weighted by Crippen LogP contribution is -2.00. The lowest BCUT2D eigenvalue weighted by molar-refractivity contribution is 0.176. The van der Waals surface area contributed by atoms with Crippen molar-refractivity contribution in [3.8, 4) is 0 Å². The van der Waals surface area contributed by atoms with Crippen LogP contribution >= 0.6 is 8.03 Å². The van der Waals surface area contributed by atoms with Gasteiger partial charge in [0, 0.05) is 0 Å². The predicted octanol–water partition coefficient (Wildman–Crippen LogP) is 3.10. The van der Waals surface area contributed by atoms with E-state index < -0.39 is 8.03 Å². The highest BCUT2D eigenvalue weighted by Crippen LogP contribution is 2.30. The number of aliphatic hydroxyl groups is 1. The highest BCUT2D eigenvalue weighted by molar-refractivity contribution is 7.39. The molecule has 1 unspecified atom stereocenters. The normalized spacial score (nSPS) is 26.9. The summed E-state index contributed by atoms with van der Waals surface area (Å²) in [4.78, 5) is 0. The minimum absolute atomic E-state index is 0.0601. The maximum Gasteiger partial charge on any atom is 0.508 e. The highest BCUT2D eigenvalue weighted by Gasteiger charge is 2.22. The molecule has 0 saturated heterocycles. The van der Waals surface area contributed by atoms with Crippen molar-refractivity contribution in [2.24, 2.45) is 5.92 Å². The molecule has 0 amide bonds. The first-order chi connectivity index (χ1) is 7.22. The van der Waals surface area contributed by atoms with Gasteiger partial charge in [0.25, 0.3) is 0 Å². The molecule has 15 heavy (non-hydrogen) atoms. The van der Waals surface area contributed by atoms with Gasteiger partial charge in [-0.25, -0.2) is 0 Å². The van der Waals surface area contributed by atoms with Crippen LogP contribution in [0.1, 0.15) is 45.4 Å². The smallest absolute Gasteiger partial charge is 0.393 e. The fourth-order valence-corrected chi connectivity index (χ4v) is 3.09. The van der Waals surface area contributed by atoms with Crippen molar-refractivity contribution >= 4 is 8.03 Å². The van der Waals surface area contributed by atoms with Gasteiger partial charge in [-0.3, -0.25) is 0 Å². The van der Waals surface area contributed by atoms with E-state index in [1.54, 1.807) is 0 Å². The zero-order valence-corrected chi connectivity index (χ0v) is 10.4. The van der Waals surface area contributed by atoms with E-state index in [9.17, 15) is 9.67 Å². The Kier molecular flexibility index (Phi) is 6.39. The summed E-state index contributed by atoms with van der Waals surface area (Å²) >= 11 is 0. The fourth-order valence-electron chi connectivity index (χ4n) is 2.19. The van der Waals surface area contributed by atoms with Crippen molar-refractivity contribution in [2.45, 2.75) is 51.6 Å². The third-order valence-electron chi connectivity index (χ3n) is 2.99. The van der Waals surface area contributed by atoms with Crippen LogP contribution in [0.25, 0.3) is 0 Å². The molecular weight excluding hydrogens is 211 g/mol. The van der Waals surface area contributed by atoms with Crippen LogP contribution in [0, 0.1) is 5.92 Å². The molecule has 0 aromatic rings. The van der Waals surface area contributed by atoms with Crippen LogP contribution in [0.15, 0.2) is 0 Å². The number of unbranched alkanes of at least 4 members (excludes halogenated alkanes) is 1. The zero-order valence-electron chi connectivity index (χ0n) is 9.52. The molecule has 0 aromatic heterocycles. The third kappa shape index (κ3) is 5.60. The van der Waals surface area contributed by atoms with Crippen LogP contribution in [-0.4, -0.2) is 24.0 Å². The summed E-state index contributed by atoms with van der Waals surface area (Å²) in [6.45, 7) is 2.41. The summed E-state index contributed by atoms with van der Waals surface area (Å²) in [6.07, 6.45) is 7.02. The molecule has 4 heteroatoms. The van der Waals surface area contributed by atoms with Gasteiger partial charge in [0.1, 0.15) is 0 Å². The molecule has 1 aliphatic rings. The topological polar surface area (TPSA) is 46.5 Å². The van der Waals surface area contributed by atoms with Gasteiger partial charge in [0.05, 0.1) is 12.7 Å². The largest absolute Gasteiger partial charge is 0.508 e. The molecule has 0 radical (unpaired) electrons. The van der Waals surface area contributed by atoms with E-state index in [0.717, 1.165) is 25.7 Å². The van der Waals surface area contributed by atoms with Gasteiger partial charge in [0.15, 0.2) is 6.16 Å². The Morgan fingerprint density at radius 1 is 1.40 bits per heavy atom. The lowest BCUT2D eigenvalue weighted by atomic mass is 10.0. The van der Waals surface area contributed by atoms with Gasteiger partial charge in [-0.2, -0.15) is 0 Å². The molecule has 88 valence electrons. The summed E-state index contributed by atoms with van der Waals surface area (Å²) < 4.78 is 16.2. The Labute approximate surface area is 93.1 Å². The Morgan fingerprint density at radius 2 is 2.20 bits per heavy atom. The molecule has 0 aromatic carbocycles. The van der Waals surface area contributed by atoms with Crippen molar-refractivity contribution < 1.29 is 14.2 Å². The first-order valence-electron chi connectivity index (χ1n) is 5.98. The van der Waals surface area contributed by atoms with Crippen molar-refractivity contribution in [1.82, 2.24) is 0 Å². The first kappa shape index (κ1) is 13.1. The quantitative estimate of drug-likeness (QED) is 0.543. The van der Waals surface area contributed by atoms with Gasteiger partial charge in [0.2, 0.25) is 0 Å². The standard InChI is InChI=1S/C11H22O3P/c1-2-14-15(13)8-4-3-5-10-6-7-11(12)9-10/h10-12H,2-9H2,1H3/q+1/t10-,11+/m0/s1. The van der Waals surface area contributed by atoms with E-state index in [2.05, 4.69) is 0 Å². The summed E-state index contributed by atoms with van der Waals surface area (Å²) in [5.41, 5.74) is 0. The second-order valence-electron chi connectivity index (χ2n) is 4.30. The summed E-state index contributed by atoms with van der Waals surface area (Å²) in [5, 5.41) is 9.35. The van der Waals surface area contributed by atoms with E-state index in [-0.39, 0.29) is 6.10 Å². The first-order valence-corrected chi connectivity index (χ1v) is 7.34. The second kappa shape index (κ2) is 7.32. The molecule has 0 heterocycles. The Bertz CT molecular complexity index is 196. The maximum atomic E-state index is 11.2. The molecule has 0 spiro atoms. The maximum absolute atomic E-state index is 11.2. The summed E-state index contributed by atoms with van der Waals surface area (Å²) in [7, 11) is -1.41. The molecule has 0 aliphatic heterocycles. The van der Waals surface area contributed by atoms with Gasteiger partial charge in [-0.05, 0) is 49.5 Å². The minimum Gasteiger partial charge on any atom is -0.393 e. The molecule has 1 fully saturated rings. The Morgan fingerprint density at radius 3 is 2.80 bits per heavy atom. The van der Waals surface area contributed by atoms with Crippen molar-refractivity contribution in [3.05, 3.63) is 0 Å². The van der Waals surface area contributed by atoms with Crippen molar-refractivity contribution in [2.75, 3.05) is 12.8 Å². The minimum atomic E-state index is -1.41. The number of rotatable bonds is 7. The number of hydrogen-bond acceptors (Lipinski definition) is 3. The van der Waals surface area contributed by atoms with Crippen LogP contribution in [0.3, 0.4) is 0 Å². The number of aliphatic hydroxyl groups excluding tert-OH is 1. The van der Waals surface area contributed by atoms with E-state index in [1.165, 1.54) is 12.8 Å². The van der Waals surface area contributed by atoms with Gasteiger partial charge in [-0.1, -0.05) is 6.42 Å². The van der Waals surface area contributed by atoms with Crippen LogP contribution in [0.2, 0.25) is 0 Å². The van der Waals surface area contributed by atoms with Crippen LogP contribution in [0.4, 0.5) is 0 Å². The van der Waals surface area contributed by atoms with Crippen molar-refractivity contribution in [3.63, 3.8) is 0 Å². The average molecular weight is 233 g/mol. The van der Waals surface area contributed by atoms with Crippen LogP contribution < -0.4 is 0 Å². The molecule has 1 aliphatic carbocycles. The molecule has 1 N–H and O–H groups in total. The monoisotopic (exact) mass is 233 g/mol. The zero-order chi connectivity index (χ0) is 11.1. The van der Waals surface area contributed by atoms with E-state index >= 15 is 0 Å². The van der Waals surface area contributed by atoms with Crippen LogP contribution in [-0.2, 0) is 9.09 Å². The average Bonchev–Trinajstić information content (AvgIpc) is 2.60. The van der Waals surface area contributed by atoms with E-state index in [4.69, 9.17) is 4.52 Å². The Hall–Kier alpha value is 0.0200. The molecule has 3 atom stereocenters. The lowest BCUT2D eigenvalue weighted by Gasteiger charge is -2.06. The van der Waals surface area contributed by atoms with Gasteiger partial charge in [-0.15, -0.1) is 4.52 Å². The van der Waals surface area contributed by atoms with Crippen LogP contribution in [0.5, 0.6) is 0 Å². The summed E-state index contributed by atoms with van der Waals surface area (Å²) in [6, 6.07) is 0. The fraction of sp³-hybridized carbons (Fsp3) is 1.00. The second-order valence-corrected chi connectivity index (χ2v) is 5.67. The Balaban J connectivity index is 1.95.